The summed E-state index contributed by atoms with van der Waals surface area (Å²) in [6, 6.07) is 5.67. The number of nitro benzene ring substituents is 1. The summed E-state index contributed by atoms with van der Waals surface area (Å²) in [5.74, 6) is -1.29. The Hall–Kier alpha value is -2.67. The molecule has 0 bridgehead atoms. The first-order chi connectivity index (χ1) is 14.7. The van der Waals surface area contributed by atoms with Crippen molar-refractivity contribution in [3.05, 3.63) is 56.0 Å². The Labute approximate surface area is 189 Å². The molecule has 0 N–H and O–H groups in total. The minimum atomic E-state index is -4.72. The molecule has 1 atom stereocenters. The highest BCUT2D eigenvalue weighted by atomic mass is 79.9. The van der Waals surface area contributed by atoms with E-state index in [2.05, 4.69) is 15.9 Å². The minimum absolute atomic E-state index is 0.0964. The maximum Gasteiger partial charge on any atom is 0.425 e. The summed E-state index contributed by atoms with van der Waals surface area (Å²) >= 11 is 3.10. The Morgan fingerprint density at radius 3 is 2.50 bits per heavy atom. The van der Waals surface area contributed by atoms with Crippen LogP contribution in [0.5, 0.6) is 5.75 Å². The number of benzene rings is 2. The van der Waals surface area contributed by atoms with Gasteiger partial charge in [0, 0.05) is 18.9 Å². The summed E-state index contributed by atoms with van der Waals surface area (Å²) in [6.45, 7) is 0.851. The summed E-state index contributed by atoms with van der Waals surface area (Å²) in [7, 11) is -3.78. The Kier molecular flexibility index (Phi) is 6.26. The van der Waals surface area contributed by atoms with Gasteiger partial charge in [-0.05, 0) is 59.1 Å². The van der Waals surface area contributed by atoms with Gasteiger partial charge in [0.2, 0.25) is 0 Å². The van der Waals surface area contributed by atoms with E-state index in [4.69, 9.17) is 4.74 Å². The summed E-state index contributed by atoms with van der Waals surface area (Å²) in [5, 5.41) is 11.3. The van der Waals surface area contributed by atoms with E-state index in [0.717, 1.165) is 36.3 Å². The van der Waals surface area contributed by atoms with Gasteiger partial charge >= 0.3 is 6.18 Å². The molecule has 1 amide bonds. The number of hydrogen-bond donors (Lipinski definition) is 0. The van der Waals surface area contributed by atoms with E-state index in [1.54, 1.807) is 0 Å². The van der Waals surface area contributed by atoms with Crippen molar-refractivity contribution in [2.24, 2.45) is 0 Å². The van der Waals surface area contributed by atoms with E-state index in [1.807, 2.05) is 0 Å². The standard InChI is InChI=1S/C19H16BrF3N2O6S/c1-10(19(21,22)23)31-17-4-3-12(32(2,29)30)8-13(17)18(26)24-6-5-11-7-14(20)16(25(27)28)9-15(11)24/h3-4,7-10H,5-6H2,1-2H3. The predicted octanol–water partition coefficient (Wildman–Crippen LogP) is 4.29. The average molecular weight is 537 g/mol. The van der Waals surface area contributed by atoms with Crippen LogP contribution in [0.2, 0.25) is 0 Å². The molecule has 32 heavy (non-hydrogen) atoms. The number of carbonyl (C=O) groups is 1. The van der Waals surface area contributed by atoms with Crippen LogP contribution in [0.25, 0.3) is 0 Å². The quantitative estimate of drug-likeness (QED) is 0.416. The van der Waals surface area contributed by atoms with Gasteiger partial charge in [0.05, 0.1) is 25.5 Å². The molecule has 172 valence electrons. The number of alkyl halides is 3. The number of halogens is 4. The summed E-state index contributed by atoms with van der Waals surface area (Å²) in [5.41, 5.74) is 0.128. The SMILES string of the molecule is CC(Oc1ccc(S(C)(=O)=O)cc1C(=O)N1CCc2cc(Br)c([N+](=O)[O-])cc21)C(F)(F)F. The summed E-state index contributed by atoms with van der Waals surface area (Å²) in [4.78, 5) is 24.8. The molecule has 2 aromatic rings. The lowest BCUT2D eigenvalue weighted by Crippen LogP contribution is -2.33. The molecule has 13 heteroatoms. The largest absolute Gasteiger partial charge is 0.480 e. The molecule has 1 heterocycles. The maximum atomic E-state index is 13.3. The van der Waals surface area contributed by atoms with Gasteiger partial charge in [0.25, 0.3) is 11.6 Å². The van der Waals surface area contributed by atoms with Crippen molar-refractivity contribution in [3.63, 3.8) is 0 Å². The van der Waals surface area contributed by atoms with E-state index < -0.39 is 44.3 Å². The third-order valence-electron chi connectivity index (χ3n) is 4.86. The maximum absolute atomic E-state index is 13.3. The first-order valence-electron chi connectivity index (χ1n) is 9.06. The first-order valence-corrected chi connectivity index (χ1v) is 11.7. The van der Waals surface area contributed by atoms with Crippen LogP contribution in [0.1, 0.15) is 22.8 Å². The van der Waals surface area contributed by atoms with Gasteiger partial charge in [-0.25, -0.2) is 8.42 Å². The molecule has 0 aliphatic carbocycles. The molecule has 0 fully saturated rings. The van der Waals surface area contributed by atoms with Gasteiger partial charge in [-0.1, -0.05) is 0 Å². The van der Waals surface area contributed by atoms with Crippen LogP contribution >= 0.6 is 15.9 Å². The van der Waals surface area contributed by atoms with Crippen LogP contribution in [0.4, 0.5) is 24.5 Å². The molecule has 2 aromatic carbocycles. The first kappa shape index (κ1) is 24.0. The zero-order valence-electron chi connectivity index (χ0n) is 16.6. The molecule has 1 unspecified atom stereocenters. The Bertz CT molecular complexity index is 1220. The molecule has 0 spiro atoms. The van der Waals surface area contributed by atoms with Crippen molar-refractivity contribution in [2.75, 3.05) is 17.7 Å². The third kappa shape index (κ3) is 4.72. The number of nitrogens with zero attached hydrogens (tertiary/aromatic N) is 2. The zero-order valence-corrected chi connectivity index (χ0v) is 19.0. The number of ether oxygens (including phenoxy) is 1. The van der Waals surface area contributed by atoms with Gasteiger partial charge in [-0.2, -0.15) is 13.2 Å². The van der Waals surface area contributed by atoms with E-state index in [0.29, 0.717) is 12.0 Å². The van der Waals surface area contributed by atoms with Crippen molar-refractivity contribution in [2.45, 2.75) is 30.5 Å². The number of anilines is 1. The van der Waals surface area contributed by atoms with Crippen LogP contribution < -0.4 is 9.64 Å². The topological polar surface area (TPSA) is 107 Å². The molecule has 1 aliphatic heterocycles. The Balaban J connectivity index is 2.10. The second-order valence-corrected chi connectivity index (χ2v) is 10.00. The van der Waals surface area contributed by atoms with Gasteiger partial charge in [0.1, 0.15) is 5.75 Å². The second-order valence-electron chi connectivity index (χ2n) is 7.13. The fraction of sp³-hybridized carbons (Fsp3) is 0.316. The van der Waals surface area contributed by atoms with Crippen LogP contribution in [0, 0.1) is 10.1 Å². The number of sulfone groups is 1. The second kappa shape index (κ2) is 8.35. The fourth-order valence-electron chi connectivity index (χ4n) is 3.16. The molecule has 0 saturated carbocycles. The number of fused-ring (bicyclic) bond motifs is 1. The Morgan fingerprint density at radius 1 is 1.28 bits per heavy atom. The molecule has 0 aromatic heterocycles. The number of nitro groups is 1. The highest BCUT2D eigenvalue weighted by Crippen LogP contribution is 2.39. The minimum Gasteiger partial charge on any atom is -0.480 e. The van der Waals surface area contributed by atoms with Crippen LogP contribution in [0.3, 0.4) is 0 Å². The van der Waals surface area contributed by atoms with Gasteiger partial charge in [-0.15, -0.1) is 0 Å². The monoisotopic (exact) mass is 536 g/mol. The van der Waals surface area contributed by atoms with E-state index >= 15 is 0 Å². The lowest BCUT2D eigenvalue weighted by atomic mass is 10.1. The highest BCUT2D eigenvalue weighted by molar-refractivity contribution is 9.10. The molecule has 1 aliphatic rings. The lowest BCUT2D eigenvalue weighted by Gasteiger charge is -2.23. The van der Waals surface area contributed by atoms with E-state index in [-0.39, 0.29) is 27.3 Å². The average Bonchev–Trinajstić information content (AvgIpc) is 3.07. The van der Waals surface area contributed by atoms with Crippen molar-refractivity contribution >= 4 is 43.0 Å². The molecule has 8 nitrogen and oxygen atoms in total. The van der Waals surface area contributed by atoms with Crippen molar-refractivity contribution in [3.8, 4) is 5.75 Å². The summed E-state index contributed by atoms with van der Waals surface area (Å²) < 4.78 is 68.1. The normalized spacial score (nSPS) is 14.8. The smallest absolute Gasteiger partial charge is 0.425 e. The van der Waals surface area contributed by atoms with Crippen molar-refractivity contribution in [1.82, 2.24) is 0 Å². The van der Waals surface area contributed by atoms with Gasteiger partial charge in [-0.3, -0.25) is 14.9 Å². The molecule has 3 rings (SSSR count). The summed E-state index contributed by atoms with van der Waals surface area (Å²) in [6.07, 6.45) is -5.75. The number of hydrogen-bond acceptors (Lipinski definition) is 6. The van der Waals surface area contributed by atoms with Crippen LogP contribution in [-0.4, -0.2) is 44.3 Å². The van der Waals surface area contributed by atoms with Crippen LogP contribution in [-0.2, 0) is 16.3 Å². The number of rotatable bonds is 5. The van der Waals surface area contributed by atoms with Gasteiger partial charge in [0.15, 0.2) is 15.9 Å². The molecular weight excluding hydrogens is 521 g/mol. The van der Waals surface area contributed by atoms with Crippen LogP contribution in [0.15, 0.2) is 39.7 Å². The Morgan fingerprint density at radius 2 is 1.94 bits per heavy atom. The van der Waals surface area contributed by atoms with Crippen molar-refractivity contribution in [1.29, 1.82) is 0 Å². The number of carbonyl (C=O) groups excluding carboxylic acids is 1. The fourth-order valence-corrected chi connectivity index (χ4v) is 4.34. The molecule has 0 saturated heterocycles. The van der Waals surface area contributed by atoms with Gasteiger partial charge < -0.3 is 9.64 Å². The predicted molar refractivity (Wildman–Crippen MR) is 112 cm³/mol. The molecule has 0 radical (unpaired) electrons. The molecular formula is C19H16BrF3N2O6S. The highest BCUT2D eigenvalue weighted by Gasteiger charge is 2.39. The number of amides is 1. The van der Waals surface area contributed by atoms with E-state index in [9.17, 15) is 36.5 Å². The third-order valence-corrected chi connectivity index (χ3v) is 6.61. The van der Waals surface area contributed by atoms with E-state index in [1.165, 1.54) is 12.1 Å². The zero-order chi connectivity index (χ0) is 24.0. The lowest BCUT2D eigenvalue weighted by molar-refractivity contribution is -0.385. The van der Waals surface area contributed by atoms with Crippen molar-refractivity contribution < 1.29 is 36.0 Å².